The molecule has 1 aromatic heterocycles. The topological polar surface area (TPSA) is 79.3 Å². The molecule has 1 amide bonds. The molecule has 3 rings (SSSR count). The summed E-state index contributed by atoms with van der Waals surface area (Å²) in [6.45, 7) is 1.81. The van der Waals surface area contributed by atoms with Gasteiger partial charge in [0.25, 0.3) is 5.91 Å². The van der Waals surface area contributed by atoms with Gasteiger partial charge in [0.1, 0.15) is 10.7 Å². The van der Waals surface area contributed by atoms with E-state index < -0.39 is 5.97 Å². The molecule has 0 spiro atoms. The smallest absolute Gasteiger partial charge is 0.306 e. The van der Waals surface area contributed by atoms with Gasteiger partial charge in [0.2, 0.25) is 0 Å². The summed E-state index contributed by atoms with van der Waals surface area (Å²) in [6.07, 6.45) is 3.12. The molecule has 26 heavy (non-hydrogen) atoms. The first-order chi connectivity index (χ1) is 12.4. The van der Waals surface area contributed by atoms with E-state index in [0.717, 1.165) is 10.6 Å². The van der Waals surface area contributed by atoms with Gasteiger partial charge in [-0.1, -0.05) is 12.1 Å². The van der Waals surface area contributed by atoms with Gasteiger partial charge < -0.3 is 10.4 Å². The normalized spacial score (nSPS) is 19.9. The van der Waals surface area contributed by atoms with E-state index in [4.69, 9.17) is 5.11 Å². The predicted molar refractivity (Wildman–Crippen MR) is 96.9 cm³/mol. The second-order valence-corrected chi connectivity index (χ2v) is 7.77. The van der Waals surface area contributed by atoms with Crippen LogP contribution in [0.25, 0.3) is 0 Å². The number of thiazole rings is 1. The lowest BCUT2D eigenvalue weighted by Gasteiger charge is -2.26. The van der Waals surface area contributed by atoms with Crippen LogP contribution in [0.2, 0.25) is 0 Å². The van der Waals surface area contributed by atoms with Gasteiger partial charge in [-0.05, 0) is 50.3 Å². The fourth-order valence-corrected chi connectivity index (χ4v) is 4.25. The fraction of sp³-hybridized carbons (Fsp3) is 0.421. The Bertz CT molecular complexity index is 796. The molecule has 1 aliphatic carbocycles. The number of hydrogen-bond donors (Lipinski definition) is 2. The molecule has 0 unspecified atom stereocenters. The van der Waals surface area contributed by atoms with Crippen molar-refractivity contribution in [2.75, 3.05) is 0 Å². The maximum atomic E-state index is 13.0. The third kappa shape index (κ3) is 4.46. The number of aryl methyl sites for hydroxylation is 1. The Morgan fingerprint density at radius 2 is 1.88 bits per heavy atom. The van der Waals surface area contributed by atoms with Gasteiger partial charge in [0.05, 0.1) is 16.6 Å². The van der Waals surface area contributed by atoms with Crippen LogP contribution in [0.4, 0.5) is 4.39 Å². The SMILES string of the molecule is Cc1nc(Cc2ccc(F)cc2)sc1C(=O)NC1CCC(C(=O)O)CC1. The number of amides is 1. The zero-order valence-electron chi connectivity index (χ0n) is 14.5. The number of carboxylic acids is 1. The standard InChI is InChI=1S/C19H21FN2O3S/c1-11-17(18(23)22-15-8-4-13(5-9-15)19(24)25)26-16(21-11)10-12-2-6-14(20)7-3-12/h2-3,6-7,13,15H,4-5,8-10H2,1H3,(H,22,23)(H,24,25). The Kier molecular flexibility index (Phi) is 5.66. The van der Waals surface area contributed by atoms with Crippen LogP contribution in [0.1, 0.15) is 51.6 Å². The van der Waals surface area contributed by atoms with E-state index in [9.17, 15) is 14.0 Å². The summed E-state index contributed by atoms with van der Waals surface area (Å²) in [5.74, 6) is -1.47. The second kappa shape index (κ2) is 7.95. The van der Waals surface area contributed by atoms with Crippen LogP contribution in [-0.4, -0.2) is 28.0 Å². The summed E-state index contributed by atoms with van der Waals surface area (Å²) < 4.78 is 13.0. The number of nitrogens with one attached hydrogen (secondary N) is 1. The molecular formula is C19H21FN2O3S. The summed E-state index contributed by atoms with van der Waals surface area (Å²) in [4.78, 5) is 28.6. The lowest BCUT2D eigenvalue weighted by molar-refractivity contribution is -0.142. The lowest BCUT2D eigenvalue weighted by Crippen LogP contribution is -2.38. The highest BCUT2D eigenvalue weighted by Gasteiger charge is 2.27. The molecule has 0 radical (unpaired) electrons. The predicted octanol–water partition coefficient (Wildman–Crippen LogP) is 3.55. The maximum Gasteiger partial charge on any atom is 0.306 e. The van der Waals surface area contributed by atoms with Crippen LogP contribution in [0, 0.1) is 18.7 Å². The molecule has 2 N–H and O–H groups in total. The third-order valence-corrected chi connectivity index (χ3v) is 5.88. The van der Waals surface area contributed by atoms with Gasteiger partial charge in [-0.3, -0.25) is 9.59 Å². The molecule has 0 aliphatic heterocycles. The van der Waals surface area contributed by atoms with Gasteiger partial charge in [0, 0.05) is 12.5 Å². The average molecular weight is 376 g/mol. The second-order valence-electron chi connectivity index (χ2n) is 6.69. The highest BCUT2D eigenvalue weighted by molar-refractivity contribution is 7.13. The van der Waals surface area contributed by atoms with Crippen LogP contribution in [-0.2, 0) is 11.2 Å². The molecule has 5 nitrogen and oxygen atoms in total. The molecule has 138 valence electrons. The van der Waals surface area contributed by atoms with Crippen LogP contribution >= 0.6 is 11.3 Å². The minimum Gasteiger partial charge on any atom is -0.481 e. The molecule has 2 aromatic rings. The number of carbonyl (C=O) groups is 2. The number of aliphatic carboxylic acids is 1. The number of benzene rings is 1. The number of halogens is 1. The summed E-state index contributed by atoms with van der Waals surface area (Å²) in [5.41, 5.74) is 1.63. The molecule has 0 bridgehead atoms. The minimum atomic E-state index is -0.751. The fourth-order valence-electron chi connectivity index (χ4n) is 3.25. The summed E-state index contributed by atoms with van der Waals surface area (Å²) in [6, 6.07) is 6.27. The van der Waals surface area contributed by atoms with Gasteiger partial charge in [-0.15, -0.1) is 11.3 Å². The van der Waals surface area contributed by atoms with Crippen molar-refractivity contribution in [2.45, 2.75) is 45.1 Å². The molecule has 1 aliphatic rings. The van der Waals surface area contributed by atoms with Crippen LogP contribution < -0.4 is 5.32 Å². The van der Waals surface area contributed by atoms with Crippen LogP contribution in [0.3, 0.4) is 0 Å². The van der Waals surface area contributed by atoms with E-state index in [0.29, 0.717) is 42.7 Å². The van der Waals surface area contributed by atoms with Crippen molar-refractivity contribution in [2.24, 2.45) is 5.92 Å². The van der Waals surface area contributed by atoms with E-state index in [2.05, 4.69) is 10.3 Å². The van der Waals surface area contributed by atoms with E-state index in [1.165, 1.54) is 23.5 Å². The van der Waals surface area contributed by atoms with E-state index in [1.807, 2.05) is 0 Å². The molecule has 1 aromatic carbocycles. The van der Waals surface area contributed by atoms with Crippen molar-refractivity contribution in [3.05, 3.63) is 51.2 Å². The van der Waals surface area contributed by atoms with Crippen molar-refractivity contribution in [1.29, 1.82) is 0 Å². The Labute approximate surface area is 155 Å². The molecule has 0 atom stereocenters. The average Bonchev–Trinajstić information content (AvgIpc) is 2.98. The molecule has 7 heteroatoms. The van der Waals surface area contributed by atoms with Crippen molar-refractivity contribution < 1.29 is 19.1 Å². The highest BCUT2D eigenvalue weighted by atomic mass is 32.1. The Morgan fingerprint density at radius 1 is 1.23 bits per heavy atom. The van der Waals surface area contributed by atoms with Crippen LogP contribution in [0.5, 0.6) is 0 Å². The van der Waals surface area contributed by atoms with Crippen molar-refractivity contribution in [3.8, 4) is 0 Å². The number of nitrogens with zero attached hydrogens (tertiary/aromatic N) is 1. The first kappa shape index (κ1) is 18.5. The first-order valence-corrected chi connectivity index (χ1v) is 9.48. The van der Waals surface area contributed by atoms with E-state index in [-0.39, 0.29) is 23.7 Å². The van der Waals surface area contributed by atoms with Gasteiger partial charge in [-0.2, -0.15) is 0 Å². The number of hydrogen-bond acceptors (Lipinski definition) is 4. The monoisotopic (exact) mass is 376 g/mol. The van der Waals surface area contributed by atoms with Gasteiger partial charge in [-0.25, -0.2) is 9.37 Å². The van der Waals surface area contributed by atoms with Crippen molar-refractivity contribution in [1.82, 2.24) is 10.3 Å². The van der Waals surface area contributed by atoms with E-state index >= 15 is 0 Å². The van der Waals surface area contributed by atoms with Crippen LogP contribution in [0.15, 0.2) is 24.3 Å². The minimum absolute atomic E-state index is 0.0140. The maximum absolute atomic E-state index is 13.0. The van der Waals surface area contributed by atoms with Crippen molar-refractivity contribution in [3.63, 3.8) is 0 Å². The summed E-state index contributed by atoms with van der Waals surface area (Å²) in [7, 11) is 0. The third-order valence-electron chi connectivity index (χ3n) is 4.73. The molecule has 1 saturated carbocycles. The Hall–Kier alpha value is -2.28. The largest absolute Gasteiger partial charge is 0.481 e. The molecule has 0 saturated heterocycles. The number of carbonyl (C=O) groups excluding carboxylic acids is 1. The number of rotatable bonds is 5. The molecular weight excluding hydrogens is 355 g/mol. The van der Waals surface area contributed by atoms with E-state index in [1.54, 1.807) is 19.1 Å². The van der Waals surface area contributed by atoms with Crippen molar-refractivity contribution >= 4 is 23.2 Å². The molecule has 1 fully saturated rings. The quantitative estimate of drug-likeness (QED) is 0.836. The lowest BCUT2D eigenvalue weighted by atomic mass is 9.86. The van der Waals surface area contributed by atoms with Gasteiger partial charge >= 0.3 is 5.97 Å². The number of aromatic nitrogens is 1. The summed E-state index contributed by atoms with van der Waals surface area (Å²) in [5, 5.41) is 12.9. The summed E-state index contributed by atoms with van der Waals surface area (Å²) >= 11 is 1.35. The number of carboxylic acid groups (broad SMARTS) is 1. The zero-order valence-corrected chi connectivity index (χ0v) is 15.3. The molecule has 1 heterocycles. The first-order valence-electron chi connectivity index (χ1n) is 8.67. The Balaban J connectivity index is 1.60. The Morgan fingerprint density at radius 3 is 2.50 bits per heavy atom. The van der Waals surface area contributed by atoms with Gasteiger partial charge in [0.15, 0.2) is 0 Å². The highest BCUT2D eigenvalue weighted by Crippen LogP contribution is 2.26. The zero-order chi connectivity index (χ0) is 18.7.